The first-order chi connectivity index (χ1) is 7.29. The van der Waals surface area contributed by atoms with E-state index in [2.05, 4.69) is 12.1 Å². The highest BCUT2D eigenvalue weighted by atomic mass is 32.1. The monoisotopic (exact) mass is 221 g/mol. The molecule has 2 nitrogen and oxygen atoms in total. The Bertz CT molecular complexity index is 339. The van der Waals surface area contributed by atoms with Crippen LogP contribution in [0.3, 0.4) is 0 Å². The molecule has 1 unspecified atom stereocenters. The fraction of sp³-hybridized carbons (Fsp3) is 0.417. The van der Waals surface area contributed by atoms with Crippen molar-refractivity contribution in [2.24, 2.45) is 0 Å². The second-order valence-corrected chi connectivity index (χ2v) is 4.26. The second kappa shape index (κ2) is 4.62. The third-order valence-corrected chi connectivity index (χ3v) is 3.17. The van der Waals surface area contributed by atoms with Gasteiger partial charge in [0, 0.05) is 6.54 Å². The first kappa shape index (κ1) is 10.4. The highest BCUT2D eigenvalue weighted by Crippen LogP contribution is 2.30. The zero-order valence-corrected chi connectivity index (χ0v) is 9.41. The van der Waals surface area contributed by atoms with E-state index in [0.717, 1.165) is 19.4 Å². The third-order valence-electron chi connectivity index (χ3n) is 2.93. The summed E-state index contributed by atoms with van der Waals surface area (Å²) in [5.74, 6) is 0. The summed E-state index contributed by atoms with van der Waals surface area (Å²) < 4.78 is 0. The van der Waals surface area contributed by atoms with E-state index in [1.165, 1.54) is 12.0 Å². The SMILES string of the molecule is OC(=S)N1CCCCC1c1ccccc1. The molecular formula is C12H15NOS. The van der Waals surface area contributed by atoms with E-state index in [0.29, 0.717) is 0 Å². The number of thiocarbonyl (C=S) groups is 1. The third kappa shape index (κ3) is 2.29. The minimum atomic E-state index is 0.0311. The summed E-state index contributed by atoms with van der Waals surface area (Å²) in [6.45, 7) is 0.870. The number of aliphatic hydroxyl groups is 1. The maximum absolute atomic E-state index is 9.47. The summed E-state index contributed by atoms with van der Waals surface area (Å²) in [5.41, 5.74) is 1.24. The molecule has 1 aromatic rings. The van der Waals surface area contributed by atoms with Gasteiger partial charge in [-0.15, -0.1) is 0 Å². The van der Waals surface area contributed by atoms with E-state index in [1.807, 2.05) is 23.1 Å². The van der Waals surface area contributed by atoms with Crippen LogP contribution in [-0.4, -0.2) is 21.7 Å². The number of likely N-dealkylation sites (tertiary alicyclic amines) is 1. The van der Waals surface area contributed by atoms with Crippen molar-refractivity contribution in [2.75, 3.05) is 6.54 Å². The van der Waals surface area contributed by atoms with Crippen molar-refractivity contribution in [3.8, 4) is 0 Å². The number of piperidine rings is 1. The molecule has 0 spiro atoms. The zero-order valence-electron chi connectivity index (χ0n) is 8.60. The molecule has 1 atom stereocenters. The van der Waals surface area contributed by atoms with Gasteiger partial charge in [-0.3, -0.25) is 0 Å². The largest absolute Gasteiger partial charge is 0.486 e. The first-order valence-corrected chi connectivity index (χ1v) is 5.74. The number of aliphatic hydroxyl groups excluding tert-OH is 1. The van der Waals surface area contributed by atoms with Gasteiger partial charge >= 0.3 is 0 Å². The van der Waals surface area contributed by atoms with Gasteiger partial charge in [0.15, 0.2) is 0 Å². The molecule has 2 rings (SSSR count). The lowest BCUT2D eigenvalue weighted by Crippen LogP contribution is -2.37. The molecular weight excluding hydrogens is 206 g/mol. The van der Waals surface area contributed by atoms with Crippen LogP contribution in [0, 0.1) is 0 Å². The van der Waals surface area contributed by atoms with E-state index in [4.69, 9.17) is 12.2 Å². The Morgan fingerprint density at radius 2 is 2.00 bits per heavy atom. The normalized spacial score (nSPS) is 21.3. The first-order valence-electron chi connectivity index (χ1n) is 5.33. The number of benzene rings is 1. The standard InChI is InChI=1S/C12H15NOS/c14-12(15)13-9-5-4-8-11(13)10-6-2-1-3-7-10/h1-3,6-7,11H,4-5,8-9H2,(H,14,15). The zero-order chi connectivity index (χ0) is 10.7. The van der Waals surface area contributed by atoms with Crippen LogP contribution in [0.15, 0.2) is 30.3 Å². The van der Waals surface area contributed by atoms with Gasteiger partial charge in [-0.25, -0.2) is 0 Å². The van der Waals surface area contributed by atoms with Gasteiger partial charge < -0.3 is 10.0 Å². The minimum absolute atomic E-state index is 0.0311. The van der Waals surface area contributed by atoms with E-state index in [-0.39, 0.29) is 11.2 Å². The lowest BCUT2D eigenvalue weighted by molar-refractivity contribution is 0.214. The van der Waals surface area contributed by atoms with Crippen LogP contribution in [-0.2, 0) is 0 Å². The molecule has 1 saturated heterocycles. The van der Waals surface area contributed by atoms with Crippen LogP contribution in [0.1, 0.15) is 30.9 Å². The molecule has 15 heavy (non-hydrogen) atoms. The Kier molecular flexibility index (Phi) is 3.21. The molecule has 1 aromatic carbocycles. The summed E-state index contributed by atoms with van der Waals surface area (Å²) in [6, 6.07) is 10.5. The molecule has 0 radical (unpaired) electrons. The van der Waals surface area contributed by atoms with E-state index >= 15 is 0 Å². The molecule has 0 amide bonds. The molecule has 0 aromatic heterocycles. The molecule has 0 saturated carbocycles. The van der Waals surface area contributed by atoms with Gasteiger partial charge in [0.1, 0.15) is 0 Å². The highest BCUT2D eigenvalue weighted by molar-refractivity contribution is 7.79. The van der Waals surface area contributed by atoms with Gasteiger partial charge in [0.05, 0.1) is 6.04 Å². The average Bonchev–Trinajstić information content (AvgIpc) is 2.30. The Labute approximate surface area is 95.5 Å². The van der Waals surface area contributed by atoms with Crippen LogP contribution in [0.2, 0.25) is 0 Å². The van der Waals surface area contributed by atoms with Crippen molar-refractivity contribution in [3.63, 3.8) is 0 Å². The van der Waals surface area contributed by atoms with Crippen molar-refractivity contribution >= 4 is 17.4 Å². The Morgan fingerprint density at radius 3 is 2.67 bits per heavy atom. The molecule has 3 heteroatoms. The summed E-state index contributed by atoms with van der Waals surface area (Å²) in [4.78, 5) is 1.92. The highest BCUT2D eigenvalue weighted by Gasteiger charge is 2.25. The molecule has 0 bridgehead atoms. The van der Waals surface area contributed by atoms with Crippen LogP contribution >= 0.6 is 12.2 Å². The molecule has 1 N–H and O–H groups in total. The quantitative estimate of drug-likeness (QED) is 0.737. The Hall–Kier alpha value is -1.09. The second-order valence-electron chi connectivity index (χ2n) is 3.90. The lowest BCUT2D eigenvalue weighted by atomic mass is 9.96. The fourth-order valence-electron chi connectivity index (χ4n) is 2.18. The summed E-state index contributed by atoms with van der Waals surface area (Å²) in [6.07, 6.45) is 3.40. The number of nitrogens with zero attached hydrogens (tertiary/aromatic N) is 1. The van der Waals surface area contributed by atoms with Gasteiger partial charge in [-0.05, 0) is 37.0 Å². The van der Waals surface area contributed by atoms with Crippen LogP contribution in [0.4, 0.5) is 0 Å². The topological polar surface area (TPSA) is 23.5 Å². The van der Waals surface area contributed by atoms with E-state index in [9.17, 15) is 5.11 Å². The van der Waals surface area contributed by atoms with Crippen LogP contribution < -0.4 is 0 Å². The van der Waals surface area contributed by atoms with Gasteiger partial charge in [0.2, 0.25) is 0 Å². The van der Waals surface area contributed by atoms with Gasteiger partial charge in [-0.1, -0.05) is 30.3 Å². The summed E-state index contributed by atoms with van der Waals surface area (Å²) in [7, 11) is 0. The molecule has 1 heterocycles. The molecule has 80 valence electrons. The van der Waals surface area contributed by atoms with Crippen molar-refractivity contribution in [1.82, 2.24) is 4.90 Å². The predicted octanol–water partition coefficient (Wildman–Crippen LogP) is 3.06. The van der Waals surface area contributed by atoms with Crippen molar-refractivity contribution in [3.05, 3.63) is 35.9 Å². The minimum Gasteiger partial charge on any atom is -0.486 e. The predicted molar refractivity (Wildman–Crippen MR) is 65.0 cm³/mol. The molecule has 1 aliphatic heterocycles. The van der Waals surface area contributed by atoms with Gasteiger partial charge in [0.25, 0.3) is 5.17 Å². The summed E-state index contributed by atoms with van der Waals surface area (Å²) >= 11 is 4.87. The Morgan fingerprint density at radius 1 is 1.27 bits per heavy atom. The van der Waals surface area contributed by atoms with Gasteiger partial charge in [-0.2, -0.15) is 0 Å². The fourth-order valence-corrected chi connectivity index (χ4v) is 2.40. The number of hydrogen-bond acceptors (Lipinski definition) is 1. The lowest BCUT2D eigenvalue weighted by Gasteiger charge is -2.35. The van der Waals surface area contributed by atoms with Crippen LogP contribution in [0.5, 0.6) is 0 Å². The van der Waals surface area contributed by atoms with E-state index < -0.39 is 0 Å². The van der Waals surface area contributed by atoms with Crippen molar-refractivity contribution < 1.29 is 5.11 Å². The number of rotatable bonds is 1. The number of hydrogen-bond donors (Lipinski definition) is 1. The Balaban J connectivity index is 2.22. The maximum Gasteiger partial charge on any atom is 0.257 e. The molecule has 1 aliphatic rings. The smallest absolute Gasteiger partial charge is 0.257 e. The van der Waals surface area contributed by atoms with Crippen molar-refractivity contribution in [2.45, 2.75) is 25.3 Å². The molecule has 1 fully saturated rings. The average molecular weight is 221 g/mol. The van der Waals surface area contributed by atoms with Crippen LogP contribution in [0.25, 0.3) is 0 Å². The maximum atomic E-state index is 9.47. The molecule has 0 aliphatic carbocycles. The summed E-state index contributed by atoms with van der Waals surface area (Å²) in [5, 5.41) is 9.50. The van der Waals surface area contributed by atoms with E-state index in [1.54, 1.807) is 0 Å². The van der Waals surface area contributed by atoms with Crippen molar-refractivity contribution in [1.29, 1.82) is 0 Å².